The minimum Gasteiger partial charge on any atom is -0.479 e. The Morgan fingerprint density at radius 2 is 1.60 bits per heavy atom. The molecule has 0 bridgehead atoms. The van der Waals surface area contributed by atoms with Crippen LogP contribution < -0.4 is 0 Å². The van der Waals surface area contributed by atoms with Crippen LogP contribution in [0.1, 0.15) is 0 Å². The summed E-state index contributed by atoms with van der Waals surface area (Å²) in [6.07, 6.45) is 0. The Balaban J connectivity index is 4.57. The maximum Gasteiger partial charge on any atom is 0.365 e. The number of carbonyl (C=O) groups is 1. The second-order valence-electron chi connectivity index (χ2n) is 1.38. The van der Waals surface area contributed by atoms with Gasteiger partial charge < -0.3 is 5.11 Å². The van der Waals surface area contributed by atoms with Gasteiger partial charge in [0.05, 0.1) is 0 Å². The summed E-state index contributed by atoms with van der Waals surface area (Å²) >= 11 is 13.5. The Hall–Kier alpha value is 0.200. The van der Waals surface area contributed by atoms with E-state index in [4.69, 9.17) is 5.11 Å². The Labute approximate surface area is 69.7 Å². The maximum atomic E-state index is 11.9. The number of rotatable bonds is 2. The Bertz CT molecular complexity index is 152. The fraction of sp³-hybridized carbons (Fsp3) is 0.667. The number of halogens is 5. The molecule has 0 spiro atoms. The van der Waals surface area contributed by atoms with Gasteiger partial charge in [-0.3, -0.25) is 0 Å². The van der Waals surface area contributed by atoms with Gasteiger partial charge in [-0.25, -0.2) is 4.79 Å². The molecule has 0 radical (unpaired) electrons. The molecular formula is C3HCl3F2O2. The molecule has 0 aliphatic carbocycles. The summed E-state index contributed by atoms with van der Waals surface area (Å²) in [6.45, 7) is 0. The fourth-order valence-corrected chi connectivity index (χ4v) is 0.202. The van der Waals surface area contributed by atoms with E-state index in [1.165, 1.54) is 0 Å². The summed E-state index contributed by atoms with van der Waals surface area (Å²) in [7, 11) is 0. The molecule has 0 saturated heterocycles. The van der Waals surface area contributed by atoms with Gasteiger partial charge in [0.15, 0.2) is 0 Å². The van der Waals surface area contributed by atoms with Crippen molar-refractivity contribution in [1.29, 1.82) is 0 Å². The highest BCUT2D eigenvalue weighted by molar-refractivity contribution is 6.61. The molecule has 0 fully saturated rings. The predicted molar refractivity (Wildman–Crippen MR) is 32.9 cm³/mol. The van der Waals surface area contributed by atoms with E-state index in [2.05, 4.69) is 34.8 Å². The van der Waals surface area contributed by atoms with Crippen LogP contribution in [0.25, 0.3) is 0 Å². The van der Waals surface area contributed by atoms with E-state index in [9.17, 15) is 13.6 Å². The van der Waals surface area contributed by atoms with Crippen LogP contribution in [-0.2, 0) is 4.79 Å². The van der Waals surface area contributed by atoms with Gasteiger partial charge in [-0.1, -0.05) is 23.2 Å². The monoisotopic (exact) mass is 212 g/mol. The molecule has 0 aliphatic heterocycles. The molecule has 10 heavy (non-hydrogen) atoms. The first-order valence-electron chi connectivity index (χ1n) is 1.87. The van der Waals surface area contributed by atoms with E-state index in [1.807, 2.05) is 0 Å². The van der Waals surface area contributed by atoms with Crippen molar-refractivity contribution in [1.82, 2.24) is 0 Å². The molecule has 2 nitrogen and oxygen atoms in total. The highest BCUT2D eigenvalue weighted by atomic mass is 35.5. The molecule has 1 N–H and O–H groups in total. The number of carboxylic acid groups (broad SMARTS) is 1. The zero-order valence-electron chi connectivity index (χ0n) is 4.25. The third kappa shape index (κ3) is 1.84. The maximum absolute atomic E-state index is 11.9. The first-order chi connectivity index (χ1) is 4.19. The van der Waals surface area contributed by atoms with Crippen LogP contribution in [0, 0.1) is 0 Å². The summed E-state index contributed by atoms with van der Waals surface area (Å²) < 4.78 is 20.5. The van der Waals surface area contributed by atoms with Crippen molar-refractivity contribution in [2.75, 3.05) is 0 Å². The molecule has 0 aliphatic rings. The number of alkyl halides is 5. The minimum atomic E-state index is -4.18. The Morgan fingerprint density at radius 1 is 1.30 bits per heavy atom. The van der Waals surface area contributed by atoms with Crippen LogP contribution in [0.2, 0.25) is 0 Å². The molecule has 0 heterocycles. The van der Waals surface area contributed by atoms with Crippen LogP contribution in [0.3, 0.4) is 0 Å². The molecule has 0 aromatic carbocycles. The molecule has 0 saturated carbocycles. The lowest BCUT2D eigenvalue weighted by Gasteiger charge is -2.18. The second-order valence-corrected chi connectivity index (χ2v) is 3.18. The van der Waals surface area contributed by atoms with Crippen LogP contribution in [0.4, 0.5) is 8.78 Å². The van der Waals surface area contributed by atoms with Gasteiger partial charge in [-0.05, 0) is 11.6 Å². The second kappa shape index (κ2) is 2.68. The molecule has 0 unspecified atom stereocenters. The highest BCUT2D eigenvalue weighted by Gasteiger charge is 2.56. The van der Waals surface area contributed by atoms with Crippen LogP contribution in [0.15, 0.2) is 0 Å². The van der Waals surface area contributed by atoms with E-state index >= 15 is 0 Å². The SMILES string of the molecule is O=C(O)C(Cl)(Cl)C(F)(F)Cl. The fourth-order valence-electron chi connectivity index (χ4n) is 0.121. The average molecular weight is 213 g/mol. The van der Waals surface area contributed by atoms with E-state index in [0.29, 0.717) is 0 Å². The lowest BCUT2D eigenvalue weighted by molar-refractivity contribution is -0.142. The summed E-state index contributed by atoms with van der Waals surface area (Å²) in [5.41, 5.74) is 0. The number of carboxylic acids is 1. The lowest BCUT2D eigenvalue weighted by atomic mass is 10.4. The topological polar surface area (TPSA) is 37.3 Å². The third-order valence-corrected chi connectivity index (χ3v) is 1.90. The largest absolute Gasteiger partial charge is 0.479 e. The third-order valence-electron chi connectivity index (χ3n) is 0.625. The number of hydrogen-bond acceptors (Lipinski definition) is 1. The lowest BCUT2D eigenvalue weighted by Crippen LogP contribution is -2.40. The van der Waals surface area contributed by atoms with Crippen molar-refractivity contribution >= 4 is 40.8 Å². The summed E-state index contributed by atoms with van der Waals surface area (Å²) in [4.78, 5) is 9.84. The van der Waals surface area contributed by atoms with E-state index in [1.54, 1.807) is 0 Å². The first-order valence-corrected chi connectivity index (χ1v) is 3.01. The Morgan fingerprint density at radius 3 is 1.60 bits per heavy atom. The van der Waals surface area contributed by atoms with Gasteiger partial charge in [-0.15, -0.1) is 0 Å². The van der Waals surface area contributed by atoms with Gasteiger partial charge in [0.25, 0.3) is 4.33 Å². The van der Waals surface area contributed by atoms with Crippen LogP contribution >= 0.6 is 34.8 Å². The molecule has 0 aromatic rings. The highest BCUT2D eigenvalue weighted by Crippen LogP contribution is 2.41. The quantitative estimate of drug-likeness (QED) is 0.713. The number of aliphatic carboxylic acids is 1. The van der Waals surface area contributed by atoms with Gasteiger partial charge >= 0.3 is 11.4 Å². The zero-order valence-corrected chi connectivity index (χ0v) is 6.51. The van der Waals surface area contributed by atoms with E-state index in [0.717, 1.165) is 0 Å². The zero-order chi connectivity index (χ0) is 8.58. The smallest absolute Gasteiger partial charge is 0.365 e. The molecule has 60 valence electrons. The summed E-state index contributed by atoms with van der Waals surface area (Å²) in [6, 6.07) is 0. The first kappa shape index (κ1) is 10.2. The van der Waals surface area contributed by atoms with Crippen LogP contribution in [0.5, 0.6) is 0 Å². The standard InChI is InChI=1S/C3HCl3F2O2/c4-2(5,1(9)10)3(6,7)8/h(H,9,10). The molecule has 0 rings (SSSR count). The van der Waals surface area contributed by atoms with Gasteiger partial charge in [0.1, 0.15) is 0 Å². The predicted octanol–water partition coefficient (Wildman–Crippen LogP) is 2.08. The molecule has 7 heteroatoms. The van der Waals surface area contributed by atoms with Gasteiger partial charge in [0, 0.05) is 0 Å². The van der Waals surface area contributed by atoms with Crippen molar-refractivity contribution in [3.05, 3.63) is 0 Å². The molecule has 0 aromatic heterocycles. The summed E-state index contributed by atoms with van der Waals surface area (Å²) in [5.74, 6) is -2.09. The molecular weight excluding hydrogens is 212 g/mol. The van der Waals surface area contributed by atoms with Crippen molar-refractivity contribution in [3.8, 4) is 0 Å². The van der Waals surface area contributed by atoms with E-state index in [-0.39, 0.29) is 0 Å². The van der Waals surface area contributed by atoms with Crippen molar-refractivity contribution < 1.29 is 18.7 Å². The number of hydrogen-bond donors (Lipinski definition) is 1. The van der Waals surface area contributed by atoms with Gasteiger partial charge in [-0.2, -0.15) is 8.78 Å². The summed E-state index contributed by atoms with van der Waals surface area (Å²) in [5, 5.41) is 3.77. The Kier molecular flexibility index (Phi) is 2.73. The van der Waals surface area contributed by atoms with Crippen molar-refractivity contribution in [3.63, 3.8) is 0 Å². The average Bonchev–Trinajstić information content (AvgIpc) is 1.62. The van der Waals surface area contributed by atoms with Crippen LogP contribution in [-0.4, -0.2) is 20.8 Å². The molecule has 0 atom stereocenters. The van der Waals surface area contributed by atoms with Gasteiger partial charge in [0.2, 0.25) is 0 Å². The van der Waals surface area contributed by atoms with Crippen molar-refractivity contribution in [2.24, 2.45) is 0 Å². The van der Waals surface area contributed by atoms with E-state index < -0.39 is 15.7 Å². The van der Waals surface area contributed by atoms with Crippen molar-refractivity contribution in [2.45, 2.75) is 9.72 Å². The molecule has 0 amide bonds. The normalized spacial score (nSPS) is 13.3. The minimum absolute atomic E-state index is 2.09.